The van der Waals surface area contributed by atoms with E-state index in [1.807, 2.05) is 11.8 Å². The molecule has 1 fully saturated rings. The molecule has 0 aliphatic carbocycles. The van der Waals surface area contributed by atoms with Crippen LogP contribution in [0.4, 0.5) is 23.4 Å². The Bertz CT molecular complexity index is 1040. The van der Waals surface area contributed by atoms with E-state index >= 15 is 0 Å². The number of aryl methyl sites for hydroxylation is 1. The zero-order chi connectivity index (χ0) is 21.5. The van der Waals surface area contributed by atoms with Gasteiger partial charge >= 0.3 is 6.18 Å². The van der Waals surface area contributed by atoms with Gasteiger partial charge in [-0.3, -0.25) is 4.90 Å². The van der Waals surface area contributed by atoms with E-state index in [1.165, 1.54) is 12.1 Å². The Morgan fingerprint density at radius 1 is 0.933 bits per heavy atom. The molecule has 3 aromatic rings. The Morgan fingerprint density at radius 2 is 1.67 bits per heavy atom. The van der Waals surface area contributed by atoms with E-state index in [0.29, 0.717) is 31.0 Å². The van der Waals surface area contributed by atoms with Gasteiger partial charge in [-0.25, -0.2) is 4.39 Å². The summed E-state index contributed by atoms with van der Waals surface area (Å²) in [4.78, 5) is 4.28. The van der Waals surface area contributed by atoms with Gasteiger partial charge in [0.05, 0.1) is 0 Å². The first-order valence-electron chi connectivity index (χ1n) is 9.75. The molecule has 10 heteroatoms. The first kappa shape index (κ1) is 20.5. The maximum absolute atomic E-state index is 13.3. The number of hydrogen-bond donors (Lipinski definition) is 0. The highest BCUT2D eigenvalue weighted by atomic mass is 19.4. The van der Waals surface area contributed by atoms with Crippen molar-refractivity contribution >= 4 is 11.5 Å². The number of hydrogen-bond acceptors (Lipinski definition) is 5. The summed E-state index contributed by atoms with van der Waals surface area (Å²) >= 11 is 0. The summed E-state index contributed by atoms with van der Waals surface area (Å²) in [5, 5.41) is 11.3. The molecule has 2 aromatic heterocycles. The zero-order valence-corrected chi connectivity index (χ0v) is 16.7. The van der Waals surface area contributed by atoms with E-state index in [9.17, 15) is 17.6 Å². The predicted molar refractivity (Wildman–Crippen MR) is 104 cm³/mol. The van der Waals surface area contributed by atoms with Crippen LogP contribution in [0.15, 0.2) is 24.3 Å². The van der Waals surface area contributed by atoms with Gasteiger partial charge in [0, 0.05) is 43.9 Å². The van der Waals surface area contributed by atoms with Gasteiger partial charge in [0.25, 0.3) is 5.82 Å². The Balaban J connectivity index is 1.58. The Labute approximate surface area is 171 Å². The van der Waals surface area contributed by atoms with Crippen LogP contribution in [0.5, 0.6) is 0 Å². The lowest BCUT2D eigenvalue weighted by Crippen LogP contribution is -2.32. The second-order valence-electron chi connectivity index (χ2n) is 7.57. The van der Waals surface area contributed by atoms with Gasteiger partial charge in [-0.05, 0) is 38.0 Å². The standard InChI is InChI=1S/C20H22F4N6/c1-13-14(2)18(27-30-17(13)25-26-19(30)20(22,23)24)29-9-3-8-28(10-11-29)12-15-4-6-16(21)7-5-15/h4-7H,3,8-12H2,1-2H3. The molecule has 6 nitrogen and oxygen atoms in total. The molecule has 4 rings (SSSR count). The lowest BCUT2D eigenvalue weighted by Gasteiger charge is -2.25. The molecule has 0 atom stereocenters. The lowest BCUT2D eigenvalue weighted by atomic mass is 10.1. The van der Waals surface area contributed by atoms with Crippen molar-refractivity contribution < 1.29 is 17.6 Å². The smallest absolute Gasteiger partial charge is 0.354 e. The average Bonchev–Trinajstić information content (AvgIpc) is 3.00. The number of rotatable bonds is 3. The number of alkyl halides is 3. The molecule has 1 aliphatic rings. The maximum atomic E-state index is 13.3. The molecule has 160 valence electrons. The Kier molecular flexibility index (Phi) is 5.35. The third kappa shape index (κ3) is 3.96. The van der Waals surface area contributed by atoms with E-state index in [0.717, 1.165) is 35.2 Å². The molecule has 1 aliphatic heterocycles. The van der Waals surface area contributed by atoms with Crippen molar-refractivity contribution in [1.29, 1.82) is 0 Å². The van der Waals surface area contributed by atoms with E-state index in [2.05, 4.69) is 20.2 Å². The summed E-state index contributed by atoms with van der Waals surface area (Å²) in [6.07, 6.45) is -3.79. The molecule has 1 saturated heterocycles. The van der Waals surface area contributed by atoms with E-state index < -0.39 is 12.0 Å². The van der Waals surface area contributed by atoms with Crippen LogP contribution in [0.2, 0.25) is 0 Å². The van der Waals surface area contributed by atoms with Crippen molar-refractivity contribution in [3.63, 3.8) is 0 Å². The van der Waals surface area contributed by atoms with E-state index in [1.54, 1.807) is 19.1 Å². The van der Waals surface area contributed by atoms with Gasteiger partial charge in [0.15, 0.2) is 11.5 Å². The molecular weight excluding hydrogens is 400 g/mol. The first-order valence-corrected chi connectivity index (χ1v) is 9.75. The third-order valence-corrected chi connectivity index (χ3v) is 5.53. The van der Waals surface area contributed by atoms with Crippen molar-refractivity contribution in [3.05, 3.63) is 52.6 Å². The monoisotopic (exact) mass is 422 g/mol. The first-order chi connectivity index (χ1) is 14.2. The largest absolute Gasteiger partial charge is 0.453 e. The minimum absolute atomic E-state index is 0.122. The molecule has 0 saturated carbocycles. The zero-order valence-electron chi connectivity index (χ0n) is 16.7. The minimum atomic E-state index is -4.63. The number of aromatic nitrogens is 4. The van der Waals surface area contributed by atoms with Gasteiger partial charge in [0.1, 0.15) is 5.82 Å². The summed E-state index contributed by atoms with van der Waals surface area (Å²) in [6.45, 7) is 7.16. The minimum Gasteiger partial charge on any atom is -0.354 e. The van der Waals surface area contributed by atoms with Gasteiger partial charge in [-0.1, -0.05) is 12.1 Å². The molecule has 0 radical (unpaired) electrons. The van der Waals surface area contributed by atoms with Crippen LogP contribution in [0.3, 0.4) is 0 Å². The van der Waals surface area contributed by atoms with Crippen LogP contribution < -0.4 is 4.90 Å². The van der Waals surface area contributed by atoms with Crippen LogP contribution in [0.1, 0.15) is 28.9 Å². The number of fused-ring (bicyclic) bond motifs is 1. The molecule has 1 aromatic carbocycles. The Hall–Kier alpha value is -2.75. The third-order valence-electron chi connectivity index (χ3n) is 5.53. The fraction of sp³-hybridized carbons (Fsp3) is 0.450. The summed E-state index contributed by atoms with van der Waals surface area (Å²) in [5.74, 6) is -0.858. The molecule has 0 bridgehead atoms. The molecule has 30 heavy (non-hydrogen) atoms. The van der Waals surface area contributed by atoms with Crippen LogP contribution >= 0.6 is 0 Å². The number of halogens is 4. The molecule has 0 amide bonds. The quantitative estimate of drug-likeness (QED) is 0.604. The van der Waals surface area contributed by atoms with Crippen LogP contribution in [-0.2, 0) is 12.7 Å². The van der Waals surface area contributed by atoms with Crippen LogP contribution in [-0.4, -0.2) is 50.9 Å². The molecular formula is C20H22F4N6. The maximum Gasteiger partial charge on any atom is 0.453 e. The lowest BCUT2D eigenvalue weighted by molar-refractivity contribution is -0.146. The summed E-state index contributed by atoms with van der Waals surface area (Å²) < 4.78 is 53.8. The second kappa shape index (κ2) is 7.82. The number of anilines is 1. The van der Waals surface area contributed by atoms with Crippen molar-refractivity contribution in [2.45, 2.75) is 33.0 Å². The predicted octanol–water partition coefficient (Wildman–Crippen LogP) is 3.61. The summed E-state index contributed by atoms with van der Waals surface area (Å²) in [5.41, 5.74) is 2.58. The van der Waals surface area contributed by atoms with Crippen LogP contribution in [0, 0.1) is 19.7 Å². The SMILES string of the molecule is Cc1c(N2CCCN(Cc3ccc(F)cc3)CC2)nn2c(C(F)(F)F)nnc2c1C. The second-order valence-corrected chi connectivity index (χ2v) is 7.57. The highest BCUT2D eigenvalue weighted by Crippen LogP contribution is 2.30. The van der Waals surface area contributed by atoms with Gasteiger partial charge in [-0.2, -0.15) is 17.7 Å². The molecule has 0 spiro atoms. The van der Waals surface area contributed by atoms with E-state index in [4.69, 9.17) is 0 Å². The molecule has 0 N–H and O–H groups in total. The normalized spacial score (nSPS) is 16.3. The van der Waals surface area contributed by atoms with Gasteiger partial charge in [-0.15, -0.1) is 15.3 Å². The number of benzene rings is 1. The number of nitrogens with zero attached hydrogens (tertiary/aromatic N) is 6. The molecule has 3 heterocycles. The van der Waals surface area contributed by atoms with Crippen molar-refractivity contribution in [1.82, 2.24) is 24.7 Å². The van der Waals surface area contributed by atoms with Crippen molar-refractivity contribution in [3.8, 4) is 0 Å². The average molecular weight is 422 g/mol. The summed E-state index contributed by atoms with van der Waals surface area (Å²) in [6, 6.07) is 6.43. The van der Waals surface area contributed by atoms with Crippen molar-refractivity contribution in [2.24, 2.45) is 0 Å². The fourth-order valence-electron chi connectivity index (χ4n) is 3.78. The highest BCUT2D eigenvalue weighted by molar-refractivity contribution is 5.59. The van der Waals surface area contributed by atoms with E-state index in [-0.39, 0.29) is 11.5 Å². The van der Waals surface area contributed by atoms with Gasteiger partial charge < -0.3 is 4.90 Å². The highest BCUT2D eigenvalue weighted by Gasteiger charge is 2.38. The fourth-order valence-corrected chi connectivity index (χ4v) is 3.78. The molecule has 0 unspecified atom stereocenters. The Morgan fingerprint density at radius 3 is 2.37 bits per heavy atom. The van der Waals surface area contributed by atoms with Crippen LogP contribution in [0.25, 0.3) is 5.65 Å². The van der Waals surface area contributed by atoms with Crippen molar-refractivity contribution in [2.75, 3.05) is 31.1 Å². The topological polar surface area (TPSA) is 49.6 Å². The summed E-state index contributed by atoms with van der Waals surface area (Å²) in [7, 11) is 0. The van der Waals surface area contributed by atoms with Gasteiger partial charge in [0.2, 0.25) is 0 Å².